The number of hydrogen-bond acceptors (Lipinski definition) is 5. The Bertz CT molecular complexity index is 825. The molecule has 0 aromatic heterocycles. The van der Waals surface area contributed by atoms with Crippen LogP contribution in [-0.2, 0) is 19.1 Å². The Hall–Kier alpha value is -2.91. The maximum atomic E-state index is 12.7. The molecule has 1 fully saturated rings. The molecule has 1 saturated carbocycles. The van der Waals surface area contributed by atoms with Crippen LogP contribution in [0.2, 0.25) is 0 Å². The van der Waals surface area contributed by atoms with Crippen LogP contribution in [0.15, 0.2) is 35.3 Å². The monoisotopic (exact) mass is 428 g/mol. The number of hydrogen-bond donors (Lipinski definition) is 2. The van der Waals surface area contributed by atoms with Gasteiger partial charge in [0.05, 0.1) is 13.2 Å². The second kappa shape index (κ2) is 9.27. The van der Waals surface area contributed by atoms with Crippen molar-refractivity contribution in [1.82, 2.24) is 5.32 Å². The van der Waals surface area contributed by atoms with E-state index in [1.165, 1.54) is 0 Å². The van der Waals surface area contributed by atoms with Crippen molar-refractivity contribution in [3.63, 3.8) is 0 Å². The molecule has 2 rings (SSSR count). The van der Waals surface area contributed by atoms with E-state index in [0.29, 0.717) is 12.8 Å². The minimum atomic E-state index is -5.23. The van der Waals surface area contributed by atoms with Gasteiger partial charge in [0.15, 0.2) is 0 Å². The Kier molecular flexibility index (Phi) is 7.22. The number of alkyl halides is 3. The minimum Gasteiger partial charge on any atom is -0.481 e. The van der Waals surface area contributed by atoms with Gasteiger partial charge in [-0.05, 0) is 38.2 Å². The molecule has 10 heteroatoms. The number of ether oxygens (including phenoxy) is 1. The first-order chi connectivity index (χ1) is 14.0. The molecule has 0 bridgehead atoms. The van der Waals surface area contributed by atoms with E-state index in [9.17, 15) is 32.7 Å². The summed E-state index contributed by atoms with van der Waals surface area (Å²) < 4.78 is 42.5. The van der Waals surface area contributed by atoms with E-state index in [1.54, 1.807) is 12.2 Å². The fraction of sp³-hybridized carbons (Fsp3) is 0.500. The Labute approximate surface area is 171 Å². The normalized spacial score (nSPS) is 22.4. The molecule has 30 heavy (non-hydrogen) atoms. The van der Waals surface area contributed by atoms with E-state index >= 15 is 0 Å². The van der Waals surface area contributed by atoms with E-state index in [-0.39, 0.29) is 18.2 Å². The zero-order chi connectivity index (χ0) is 22.5. The van der Waals surface area contributed by atoms with Gasteiger partial charge in [-0.3, -0.25) is 14.6 Å². The predicted molar refractivity (Wildman–Crippen MR) is 101 cm³/mol. The Morgan fingerprint density at radius 1 is 1.27 bits per heavy atom. The van der Waals surface area contributed by atoms with E-state index in [0.717, 1.165) is 12.7 Å². The molecular formula is C20H23F3N2O5. The van der Waals surface area contributed by atoms with Crippen LogP contribution in [0.3, 0.4) is 0 Å². The van der Waals surface area contributed by atoms with Crippen LogP contribution in [0, 0.1) is 5.41 Å². The number of carbonyl (C=O) groups excluding carboxylic acids is 2. The number of halogens is 3. The molecule has 0 radical (unpaired) electrons. The average Bonchev–Trinajstić information content (AvgIpc) is 3.10. The molecule has 164 valence electrons. The number of benzene rings is 1. The summed E-state index contributed by atoms with van der Waals surface area (Å²) in [6.07, 6.45) is -4.97. The number of carboxylic acid groups (broad SMARTS) is 1. The molecule has 0 unspecified atom stereocenters. The number of carboxylic acids is 1. The fourth-order valence-electron chi connectivity index (χ4n) is 3.63. The van der Waals surface area contributed by atoms with Gasteiger partial charge < -0.3 is 15.2 Å². The summed E-state index contributed by atoms with van der Waals surface area (Å²) in [5, 5.41) is 11.5. The average molecular weight is 428 g/mol. The van der Waals surface area contributed by atoms with Crippen molar-refractivity contribution in [2.75, 3.05) is 7.11 Å². The van der Waals surface area contributed by atoms with Crippen molar-refractivity contribution in [3.8, 4) is 0 Å². The SMILES string of the molecule is COC(=O)[C@H](C[C@@]1(C(=O)O)CCC/C1=N\[C@@H](C)c1ccccc1)NC(=O)C(F)(F)F. The summed E-state index contributed by atoms with van der Waals surface area (Å²) >= 11 is 0. The van der Waals surface area contributed by atoms with Gasteiger partial charge in [0, 0.05) is 5.71 Å². The highest BCUT2D eigenvalue weighted by Crippen LogP contribution is 2.42. The van der Waals surface area contributed by atoms with Crippen molar-refractivity contribution in [2.24, 2.45) is 10.4 Å². The number of esters is 1. The number of nitrogens with one attached hydrogen (secondary N) is 1. The molecule has 0 aliphatic heterocycles. The molecule has 0 saturated heterocycles. The molecule has 0 heterocycles. The van der Waals surface area contributed by atoms with Crippen molar-refractivity contribution in [3.05, 3.63) is 35.9 Å². The lowest BCUT2D eigenvalue weighted by Crippen LogP contribution is -2.51. The van der Waals surface area contributed by atoms with Crippen LogP contribution in [0.1, 0.15) is 44.2 Å². The van der Waals surface area contributed by atoms with Crippen LogP contribution < -0.4 is 5.32 Å². The molecule has 2 N–H and O–H groups in total. The van der Waals surface area contributed by atoms with Crippen molar-refractivity contribution in [2.45, 2.75) is 50.9 Å². The summed E-state index contributed by atoms with van der Waals surface area (Å²) in [4.78, 5) is 40.2. The highest BCUT2D eigenvalue weighted by atomic mass is 19.4. The summed E-state index contributed by atoms with van der Waals surface area (Å²) in [5.74, 6) is -4.81. The van der Waals surface area contributed by atoms with E-state index < -0.39 is 41.9 Å². The van der Waals surface area contributed by atoms with Crippen LogP contribution >= 0.6 is 0 Å². The van der Waals surface area contributed by atoms with Gasteiger partial charge in [0.2, 0.25) is 0 Å². The van der Waals surface area contributed by atoms with Gasteiger partial charge in [-0.2, -0.15) is 13.2 Å². The van der Waals surface area contributed by atoms with Crippen LogP contribution in [0.25, 0.3) is 0 Å². The standard InChI is InChI=1S/C20H23F3N2O5/c1-12(13-7-4-3-5-8-13)24-15-9-6-10-19(15,18(28)29)11-14(16(26)30-2)25-17(27)20(21,22)23/h3-5,7-8,12,14H,6,9-11H2,1-2H3,(H,25,27)(H,28,29)/b24-15+/t12-,14-,19-/m0/s1. The number of rotatable bonds is 7. The highest BCUT2D eigenvalue weighted by Gasteiger charge is 2.51. The second-order valence-electron chi connectivity index (χ2n) is 7.15. The first-order valence-electron chi connectivity index (χ1n) is 9.32. The maximum absolute atomic E-state index is 12.7. The first-order valence-corrected chi connectivity index (χ1v) is 9.32. The van der Waals surface area contributed by atoms with Gasteiger partial charge in [0.25, 0.3) is 0 Å². The molecule has 7 nitrogen and oxygen atoms in total. The number of aliphatic imine (C=N–C) groups is 1. The van der Waals surface area contributed by atoms with Crippen molar-refractivity contribution >= 4 is 23.6 Å². The van der Waals surface area contributed by atoms with Crippen LogP contribution in [0.5, 0.6) is 0 Å². The topological polar surface area (TPSA) is 105 Å². The minimum absolute atomic E-state index is 0.0814. The number of aliphatic carboxylic acids is 1. The van der Waals surface area contributed by atoms with Crippen molar-refractivity contribution < 1.29 is 37.4 Å². The third-order valence-electron chi connectivity index (χ3n) is 5.21. The maximum Gasteiger partial charge on any atom is 0.471 e. The lowest BCUT2D eigenvalue weighted by atomic mass is 9.78. The lowest BCUT2D eigenvalue weighted by Gasteiger charge is -2.30. The summed E-state index contributed by atoms with van der Waals surface area (Å²) in [7, 11) is 0.948. The van der Waals surface area contributed by atoms with Gasteiger partial charge >= 0.3 is 24.0 Å². The molecule has 1 amide bonds. The smallest absolute Gasteiger partial charge is 0.471 e. The zero-order valence-electron chi connectivity index (χ0n) is 16.5. The second-order valence-corrected chi connectivity index (χ2v) is 7.15. The van der Waals surface area contributed by atoms with Gasteiger partial charge in [-0.1, -0.05) is 30.3 Å². The van der Waals surface area contributed by atoms with Crippen molar-refractivity contribution in [1.29, 1.82) is 0 Å². The summed E-state index contributed by atoms with van der Waals surface area (Å²) in [5.41, 5.74) is -0.562. The van der Waals surface area contributed by atoms with Gasteiger partial charge in [-0.25, -0.2) is 4.79 Å². The Morgan fingerprint density at radius 2 is 1.90 bits per heavy atom. The zero-order valence-corrected chi connectivity index (χ0v) is 16.5. The first kappa shape index (κ1) is 23.4. The third-order valence-corrected chi connectivity index (χ3v) is 5.21. The Morgan fingerprint density at radius 3 is 2.43 bits per heavy atom. The molecule has 1 aromatic rings. The van der Waals surface area contributed by atoms with Gasteiger partial charge in [0.1, 0.15) is 11.5 Å². The summed E-state index contributed by atoms with van der Waals surface area (Å²) in [6.45, 7) is 1.77. The number of amides is 1. The Balaban J connectivity index is 2.38. The quantitative estimate of drug-likeness (QED) is 0.650. The number of methoxy groups -OCH3 is 1. The van der Waals surface area contributed by atoms with Crippen LogP contribution in [-0.4, -0.2) is 48.0 Å². The van der Waals surface area contributed by atoms with E-state index in [1.807, 2.05) is 30.3 Å². The molecule has 3 atom stereocenters. The third kappa shape index (κ3) is 5.17. The predicted octanol–water partition coefficient (Wildman–Crippen LogP) is 3.05. The number of carbonyl (C=O) groups is 3. The molecule has 1 aromatic carbocycles. The molecular weight excluding hydrogens is 405 g/mol. The molecule has 1 aliphatic rings. The fourth-order valence-corrected chi connectivity index (χ4v) is 3.63. The molecule has 0 spiro atoms. The number of nitrogens with zero attached hydrogens (tertiary/aromatic N) is 1. The summed E-state index contributed by atoms with van der Waals surface area (Å²) in [6, 6.07) is 6.93. The molecule has 1 aliphatic carbocycles. The largest absolute Gasteiger partial charge is 0.481 e. The van der Waals surface area contributed by atoms with E-state index in [2.05, 4.69) is 9.73 Å². The lowest BCUT2D eigenvalue weighted by molar-refractivity contribution is -0.176. The van der Waals surface area contributed by atoms with E-state index in [4.69, 9.17) is 0 Å². The van der Waals surface area contributed by atoms with Gasteiger partial charge in [-0.15, -0.1) is 0 Å². The highest BCUT2D eigenvalue weighted by molar-refractivity contribution is 6.08. The van der Waals surface area contributed by atoms with Crippen LogP contribution in [0.4, 0.5) is 13.2 Å².